The van der Waals surface area contributed by atoms with Gasteiger partial charge in [0.15, 0.2) is 0 Å². The average Bonchev–Trinajstić information content (AvgIpc) is 2.41. The van der Waals surface area contributed by atoms with E-state index in [1.165, 1.54) is 6.42 Å². The van der Waals surface area contributed by atoms with Crippen molar-refractivity contribution in [3.63, 3.8) is 0 Å². The summed E-state index contributed by atoms with van der Waals surface area (Å²) in [5.74, 6) is 1.88. The molecular weight excluding hydrogens is 260 g/mol. The summed E-state index contributed by atoms with van der Waals surface area (Å²) >= 11 is 0. The molecule has 2 bridgehead atoms. The van der Waals surface area contributed by atoms with Crippen molar-refractivity contribution < 1.29 is 8.42 Å². The third-order valence-electron chi connectivity index (χ3n) is 4.84. The van der Waals surface area contributed by atoms with E-state index in [0.29, 0.717) is 17.8 Å². The molecule has 3 rings (SSSR count). The first-order chi connectivity index (χ1) is 8.83. The fraction of sp³-hybridized carbons (Fsp3) is 1.00. The minimum absolute atomic E-state index is 0.188. The summed E-state index contributed by atoms with van der Waals surface area (Å²) in [6, 6.07) is 0.382. The van der Waals surface area contributed by atoms with E-state index in [0.717, 1.165) is 25.7 Å². The molecule has 4 nitrogen and oxygen atoms in total. The molecule has 2 aliphatic heterocycles. The standard InChI is InChI=1S/C14H28N2O2S/c1-5-11(6-10(2)3)7-14-12-8-13(9-12)15-19(17,18)16(14)4/h10-15H,5-9H2,1-4H3. The Morgan fingerprint density at radius 1 is 1.32 bits per heavy atom. The summed E-state index contributed by atoms with van der Waals surface area (Å²) in [6.45, 7) is 6.72. The smallest absolute Gasteiger partial charge is 0.199 e. The highest BCUT2D eigenvalue weighted by Gasteiger charge is 2.46. The zero-order valence-electron chi connectivity index (χ0n) is 12.6. The van der Waals surface area contributed by atoms with Gasteiger partial charge in [0.2, 0.25) is 0 Å². The van der Waals surface area contributed by atoms with Crippen LogP contribution in [0.3, 0.4) is 0 Å². The Balaban J connectivity index is 2.08. The third-order valence-corrected chi connectivity index (χ3v) is 6.50. The highest BCUT2D eigenvalue weighted by atomic mass is 32.2. The summed E-state index contributed by atoms with van der Waals surface area (Å²) < 4.78 is 28.7. The minimum atomic E-state index is -3.25. The van der Waals surface area contributed by atoms with Gasteiger partial charge >= 0.3 is 0 Å². The molecule has 1 N–H and O–H groups in total. The molecule has 2 atom stereocenters. The Morgan fingerprint density at radius 2 is 1.95 bits per heavy atom. The molecule has 0 spiro atoms. The molecule has 5 heteroatoms. The number of rotatable bonds is 5. The van der Waals surface area contributed by atoms with Crippen LogP contribution < -0.4 is 4.72 Å². The van der Waals surface area contributed by atoms with Gasteiger partial charge in [-0.25, -0.2) is 0 Å². The Labute approximate surface area is 118 Å². The van der Waals surface area contributed by atoms with Crippen LogP contribution in [-0.2, 0) is 10.2 Å². The first-order valence-corrected chi connectivity index (χ1v) is 9.02. The van der Waals surface area contributed by atoms with Gasteiger partial charge in [-0.3, -0.25) is 0 Å². The van der Waals surface area contributed by atoms with Gasteiger partial charge in [0, 0.05) is 19.1 Å². The third kappa shape index (κ3) is 3.31. The molecule has 0 amide bonds. The van der Waals surface area contributed by atoms with Gasteiger partial charge in [-0.1, -0.05) is 27.2 Å². The normalized spacial score (nSPS) is 35.7. The van der Waals surface area contributed by atoms with E-state index in [2.05, 4.69) is 25.5 Å². The second-order valence-electron chi connectivity index (χ2n) is 6.77. The maximum atomic E-state index is 12.2. The fourth-order valence-corrected chi connectivity index (χ4v) is 5.01. The maximum Gasteiger partial charge on any atom is 0.279 e. The van der Waals surface area contributed by atoms with E-state index in [1.807, 2.05) is 0 Å². The minimum Gasteiger partial charge on any atom is -0.199 e. The summed E-state index contributed by atoms with van der Waals surface area (Å²) in [7, 11) is -1.51. The lowest BCUT2D eigenvalue weighted by Crippen LogP contribution is -2.42. The lowest BCUT2D eigenvalue weighted by Gasteiger charge is -2.38. The van der Waals surface area contributed by atoms with Crippen LogP contribution in [0, 0.1) is 17.8 Å². The van der Waals surface area contributed by atoms with Gasteiger partial charge in [-0.05, 0) is 43.4 Å². The first-order valence-electron chi connectivity index (χ1n) is 7.58. The number of fused-ring (bicyclic) bond motifs is 3. The van der Waals surface area contributed by atoms with Crippen molar-refractivity contribution >= 4 is 10.2 Å². The molecule has 0 radical (unpaired) electrons. The molecule has 3 fully saturated rings. The van der Waals surface area contributed by atoms with Gasteiger partial charge < -0.3 is 0 Å². The predicted octanol–water partition coefficient (Wildman–Crippen LogP) is 2.38. The molecule has 1 aliphatic carbocycles. The monoisotopic (exact) mass is 288 g/mol. The zero-order chi connectivity index (χ0) is 14.2. The van der Waals surface area contributed by atoms with Gasteiger partial charge in [0.25, 0.3) is 10.2 Å². The number of nitrogens with one attached hydrogen (secondary N) is 1. The molecule has 1 saturated carbocycles. The molecule has 2 unspecified atom stereocenters. The zero-order valence-corrected chi connectivity index (χ0v) is 13.4. The molecular formula is C14H28N2O2S. The predicted molar refractivity (Wildman–Crippen MR) is 78.0 cm³/mol. The van der Waals surface area contributed by atoms with Crippen LogP contribution in [0.2, 0.25) is 0 Å². The van der Waals surface area contributed by atoms with Crippen LogP contribution in [0.4, 0.5) is 0 Å². The lowest BCUT2D eigenvalue weighted by molar-refractivity contribution is 0.140. The molecule has 19 heavy (non-hydrogen) atoms. The summed E-state index contributed by atoms with van der Waals surface area (Å²) in [5, 5.41) is 0. The Bertz CT molecular complexity index is 402. The van der Waals surface area contributed by atoms with Gasteiger partial charge in [-0.15, -0.1) is 0 Å². The first kappa shape index (κ1) is 15.3. The van der Waals surface area contributed by atoms with Crippen molar-refractivity contribution in [2.24, 2.45) is 17.8 Å². The highest BCUT2D eigenvalue weighted by molar-refractivity contribution is 7.87. The fourth-order valence-electron chi connectivity index (χ4n) is 3.62. The van der Waals surface area contributed by atoms with E-state index in [9.17, 15) is 8.42 Å². The van der Waals surface area contributed by atoms with Crippen molar-refractivity contribution in [3.05, 3.63) is 0 Å². The SMILES string of the molecule is CCC(CC(C)C)CC1C2CC(C2)NS(=O)(=O)N1C. The van der Waals surface area contributed by atoms with Gasteiger partial charge in [-0.2, -0.15) is 17.4 Å². The van der Waals surface area contributed by atoms with Crippen molar-refractivity contribution in [2.75, 3.05) is 7.05 Å². The molecule has 2 saturated heterocycles. The van der Waals surface area contributed by atoms with E-state index in [1.54, 1.807) is 11.4 Å². The van der Waals surface area contributed by atoms with Crippen LogP contribution in [0.5, 0.6) is 0 Å². The molecule has 112 valence electrons. The molecule has 0 aromatic heterocycles. The van der Waals surface area contributed by atoms with Crippen molar-refractivity contribution in [2.45, 2.75) is 65.0 Å². The van der Waals surface area contributed by atoms with Gasteiger partial charge in [0.1, 0.15) is 0 Å². The van der Waals surface area contributed by atoms with Crippen molar-refractivity contribution in [1.82, 2.24) is 9.03 Å². The average molecular weight is 288 g/mol. The van der Waals surface area contributed by atoms with Crippen molar-refractivity contribution in [3.8, 4) is 0 Å². The largest absolute Gasteiger partial charge is 0.279 e. The number of nitrogens with zero attached hydrogens (tertiary/aromatic N) is 1. The molecule has 2 heterocycles. The topological polar surface area (TPSA) is 49.4 Å². The van der Waals surface area contributed by atoms with E-state index in [-0.39, 0.29) is 12.1 Å². The molecule has 0 aromatic rings. The second-order valence-corrected chi connectivity index (χ2v) is 8.54. The van der Waals surface area contributed by atoms with Crippen LogP contribution >= 0.6 is 0 Å². The van der Waals surface area contributed by atoms with E-state index in [4.69, 9.17) is 0 Å². The van der Waals surface area contributed by atoms with Crippen LogP contribution in [-0.4, -0.2) is 31.9 Å². The summed E-state index contributed by atoms with van der Waals surface area (Å²) in [5.41, 5.74) is 0. The van der Waals surface area contributed by atoms with E-state index >= 15 is 0 Å². The van der Waals surface area contributed by atoms with Crippen molar-refractivity contribution in [1.29, 1.82) is 0 Å². The highest BCUT2D eigenvalue weighted by Crippen LogP contribution is 2.40. The molecule has 0 aromatic carbocycles. The number of hydrogen-bond acceptors (Lipinski definition) is 2. The molecule has 3 aliphatic rings. The van der Waals surface area contributed by atoms with Crippen LogP contribution in [0.1, 0.15) is 52.9 Å². The number of hydrogen-bond donors (Lipinski definition) is 1. The Hall–Kier alpha value is -0.130. The van der Waals surface area contributed by atoms with Crippen LogP contribution in [0.15, 0.2) is 0 Å². The quantitative estimate of drug-likeness (QED) is 0.844. The maximum absolute atomic E-state index is 12.2. The Kier molecular flexibility index (Phi) is 4.58. The van der Waals surface area contributed by atoms with E-state index < -0.39 is 10.2 Å². The van der Waals surface area contributed by atoms with Gasteiger partial charge in [0.05, 0.1) is 0 Å². The summed E-state index contributed by atoms with van der Waals surface area (Å²) in [4.78, 5) is 0. The second kappa shape index (κ2) is 5.70. The van der Waals surface area contributed by atoms with Crippen LogP contribution in [0.25, 0.3) is 0 Å². The summed E-state index contributed by atoms with van der Waals surface area (Å²) in [6.07, 6.45) is 5.40. The Morgan fingerprint density at radius 3 is 2.47 bits per heavy atom. The lowest BCUT2D eigenvalue weighted by atomic mass is 9.72.